The average molecular weight is 359 g/mol. The summed E-state index contributed by atoms with van der Waals surface area (Å²) in [5.41, 5.74) is 3.59. The molecule has 108 valence electrons. The predicted octanol–water partition coefficient (Wildman–Crippen LogP) is 4.04. The molecule has 0 aliphatic rings. The number of alkyl halides is 1. The van der Waals surface area contributed by atoms with E-state index in [2.05, 4.69) is 26.0 Å². The summed E-state index contributed by atoms with van der Waals surface area (Å²) < 4.78 is 7.74. The standard InChI is InChI=1S/C14H17BrClN3O/c1-4-19-12(14(16)10(3)18-19)8-20-13-6-5-9(2)17-11(13)7-15/h5-6H,4,7-8H2,1-3H3. The van der Waals surface area contributed by atoms with Gasteiger partial charge in [-0.25, -0.2) is 0 Å². The molecule has 0 spiro atoms. The van der Waals surface area contributed by atoms with Crippen LogP contribution in [0.2, 0.25) is 5.02 Å². The highest BCUT2D eigenvalue weighted by molar-refractivity contribution is 9.08. The predicted molar refractivity (Wildman–Crippen MR) is 83.6 cm³/mol. The fourth-order valence-electron chi connectivity index (χ4n) is 1.98. The zero-order valence-corrected chi connectivity index (χ0v) is 14.1. The topological polar surface area (TPSA) is 39.9 Å². The maximum Gasteiger partial charge on any atom is 0.142 e. The molecule has 0 bridgehead atoms. The molecule has 2 aromatic rings. The monoisotopic (exact) mass is 357 g/mol. The van der Waals surface area contributed by atoms with Crippen molar-refractivity contribution in [1.29, 1.82) is 0 Å². The largest absolute Gasteiger partial charge is 0.485 e. The first-order valence-electron chi connectivity index (χ1n) is 6.43. The van der Waals surface area contributed by atoms with E-state index >= 15 is 0 Å². The van der Waals surface area contributed by atoms with Crippen LogP contribution >= 0.6 is 27.5 Å². The smallest absolute Gasteiger partial charge is 0.142 e. The third-order valence-corrected chi connectivity index (χ3v) is 4.04. The second-order valence-corrected chi connectivity index (χ2v) is 5.42. The number of ether oxygens (including phenoxy) is 1. The van der Waals surface area contributed by atoms with Crippen LogP contribution < -0.4 is 4.74 Å². The van der Waals surface area contributed by atoms with E-state index in [0.717, 1.165) is 35.1 Å². The first kappa shape index (κ1) is 15.3. The molecule has 0 aliphatic heterocycles. The van der Waals surface area contributed by atoms with E-state index in [1.54, 1.807) is 0 Å². The summed E-state index contributed by atoms with van der Waals surface area (Å²) >= 11 is 9.70. The average Bonchev–Trinajstić information content (AvgIpc) is 2.72. The summed E-state index contributed by atoms with van der Waals surface area (Å²) in [6.07, 6.45) is 0. The summed E-state index contributed by atoms with van der Waals surface area (Å²) in [6, 6.07) is 3.87. The minimum Gasteiger partial charge on any atom is -0.485 e. The number of rotatable bonds is 5. The van der Waals surface area contributed by atoms with Gasteiger partial charge in [0.1, 0.15) is 12.4 Å². The SMILES string of the molecule is CCn1nc(C)c(Cl)c1COc1ccc(C)nc1CBr. The van der Waals surface area contributed by atoms with Crippen molar-refractivity contribution in [3.05, 3.63) is 39.9 Å². The zero-order valence-electron chi connectivity index (χ0n) is 11.8. The Morgan fingerprint density at radius 1 is 1.35 bits per heavy atom. The van der Waals surface area contributed by atoms with Crippen LogP contribution in [0.25, 0.3) is 0 Å². The highest BCUT2D eigenvalue weighted by Gasteiger charge is 2.14. The molecule has 0 saturated heterocycles. The van der Waals surface area contributed by atoms with Crippen LogP contribution in [-0.4, -0.2) is 14.8 Å². The van der Waals surface area contributed by atoms with Crippen LogP contribution in [0.5, 0.6) is 5.75 Å². The van der Waals surface area contributed by atoms with Gasteiger partial charge in [-0.3, -0.25) is 9.67 Å². The lowest BCUT2D eigenvalue weighted by atomic mass is 10.3. The van der Waals surface area contributed by atoms with Crippen LogP contribution in [0.1, 0.15) is 29.7 Å². The molecular formula is C14H17BrClN3O. The Bertz CT molecular complexity index is 613. The highest BCUT2D eigenvalue weighted by atomic mass is 79.9. The van der Waals surface area contributed by atoms with Gasteiger partial charge in [0.15, 0.2) is 0 Å². The van der Waals surface area contributed by atoms with Gasteiger partial charge in [-0.2, -0.15) is 5.10 Å². The lowest BCUT2D eigenvalue weighted by Crippen LogP contribution is -2.07. The molecule has 0 amide bonds. The number of hydrogen-bond acceptors (Lipinski definition) is 3. The van der Waals surface area contributed by atoms with Gasteiger partial charge in [-0.1, -0.05) is 27.5 Å². The minimum atomic E-state index is 0.387. The van der Waals surface area contributed by atoms with Crippen molar-refractivity contribution in [3.63, 3.8) is 0 Å². The highest BCUT2D eigenvalue weighted by Crippen LogP contribution is 2.24. The van der Waals surface area contributed by atoms with E-state index in [4.69, 9.17) is 16.3 Å². The van der Waals surface area contributed by atoms with Gasteiger partial charge in [0, 0.05) is 17.6 Å². The summed E-state index contributed by atoms with van der Waals surface area (Å²) in [5, 5.41) is 5.71. The van der Waals surface area contributed by atoms with E-state index in [1.807, 2.05) is 37.6 Å². The number of pyridine rings is 1. The Balaban J connectivity index is 2.21. The van der Waals surface area contributed by atoms with Gasteiger partial charge in [-0.05, 0) is 32.9 Å². The van der Waals surface area contributed by atoms with E-state index in [0.29, 0.717) is 17.0 Å². The quantitative estimate of drug-likeness (QED) is 0.757. The van der Waals surface area contributed by atoms with Crippen molar-refractivity contribution >= 4 is 27.5 Å². The van der Waals surface area contributed by atoms with Crippen LogP contribution in [0.4, 0.5) is 0 Å². The third-order valence-electron chi connectivity index (χ3n) is 3.02. The lowest BCUT2D eigenvalue weighted by molar-refractivity contribution is 0.289. The fraction of sp³-hybridized carbons (Fsp3) is 0.429. The Morgan fingerprint density at radius 2 is 2.10 bits per heavy atom. The Kier molecular flexibility index (Phi) is 5.05. The molecule has 2 heterocycles. The van der Waals surface area contributed by atoms with E-state index in [1.165, 1.54) is 0 Å². The molecule has 4 nitrogen and oxygen atoms in total. The summed E-state index contributed by atoms with van der Waals surface area (Å²) in [6.45, 7) is 7.04. The maximum atomic E-state index is 6.27. The molecule has 0 N–H and O–H groups in total. The van der Waals surface area contributed by atoms with Crippen molar-refractivity contribution in [2.45, 2.75) is 39.3 Å². The van der Waals surface area contributed by atoms with Gasteiger partial charge in [0.05, 0.1) is 22.1 Å². The Hall–Kier alpha value is -1.07. The molecule has 0 saturated carbocycles. The molecule has 6 heteroatoms. The van der Waals surface area contributed by atoms with Gasteiger partial charge in [0.25, 0.3) is 0 Å². The van der Waals surface area contributed by atoms with Crippen LogP contribution in [0.15, 0.2) is 12.1 Å². The number of hydrogen-bond donors (Lipinski definition) is 0. The Labute approximate surface area is 132 Å². The first-order chi connectivity index (χ1) is 9.56. The van der Waals surface area contributed by atoms with Crippen molar-refractivity contribution in [1.82, 2.24) is 14.8 Å². The number of aromatic nitrogens is 3. The van der Waals surface area contributed by atoms with Gasteiger partial charge in [-0.15, -0.1) is 0 Å². The molecule has 0 radical (unpaired) electrons. The Morgan fingerprint density at radius 3 is 2.75 bits per heavy atom. The second-order valence-electron chi connectivity index (χ2n) is 4.48. The zero-order chi connectivity index (χ0) is 14.7. The summed E-state index contributed by atoms with van der Waals surface area (Å²) in [7, 11) is 0. The third kappa shape index (κ3) is 3.15. The van der Waals surface area contributed by atoms with Crippen molar-refractivity contribution in [2.75, 3.05) is 0 Å². The normalized spacial score (nSPS) is 10.8. The first-order valence-corrected chi connectivity index (χ1v) is 7.93. The van der Waals surface area contributed by atoms with Crippen LogP contribution in [0, 0.1) is 13.8 Å². The molecule has 0 aliphatic carbocycles. The van der Waals surface area contributed by atoms with E-state index in [9.17, 15) is 0 Å². The van der Waals surface area contributed by atoms with Gasteiger partial charge < -0.3 is 4.74 Å². The van der Waals surface area contributed by atoms with Crippen LogP contribution in [-0.2, 0) is 18.5 Å². The summed E-state index contributed by atoms with van der Waals surface area (Å²) in [5.74, 6) is 0.769. The molecular weight excluding hydrogens is 342 g/mol. The number of aryl methyl sites for hydroxylation is 3. The van der Waals surface area contributed by atoms with E-state index < -0.39 is 0 Å². The van der Waals surface area contributed by atoms with Gasteiger partial charge >= 0.3 is 0 Å². The number of halogens is 2. The van der Waals surface area contributed by atoms with Crippen molar-refractivity contribution < 1.29 is 4.74 Å². The molecule has 0 aromatic carbocycles. The molecule has 0 atom stereocenters. The summed E-state index contributed by atoms with van der Waals surface area (Å²) in [4.78, 5) is 4.45. The second kappa shape index (κ2) is 6.59. The molecule has 2 aromatic heterocycles. The van der Waals surface area contributed by atoms with E-state index in [-0.39, 0.29) is 0 Å². The van der Waals surface area contributed by atoms with Crippen molar-refractivity contribution in [3.8, 4) is 5.75 Å². The molecule has 2 rings (SSSR count). The number of nitrogens with zero attached hydrogens (tertiary/aromatic N) is 3. The lowest BCUT2D eigenvalue weighted by Gasteiger charge is -2.11. The molecule has 0 fully saturated rings. The molecule has 0 unspecified atom stereocenters. The van der Waals surface area contributed by atoms with Gasteiger partial charge in [0.2, 0.25) is 0 Å². The molecule has 20 heavy (non-hydrogen) atoms. The minimum absolute atomic E-state index is 0.387. The maximum absolute atomic E-state index is 6.27. The van der Waals surface area contributed by atoms with Crippen molar-refractivity contribution in [2.24, 2.45) is 0 Å². The fourth-order valence-corrected chi connectivity index (χ4v) is 2.57. The van der Waals surface area contributed by atoms with Crippen LogP contribution in [0.3, 0.4) is 0 Å².